The summed E-state index contributed by atoms with van der Waals surface area (Å²) in [6, 6.07) is 6.11. The number of aryl methyl sites for hydroxylation is 1. The SMILES string of the molecule is Cc1cccc(NCC2CCN(Cc3cscn3)C2)n1. The van der Waals surface area contributed by atoms with Crippen LogP contribution in [0.15, 0.2) is 29.1 Å². The molecule has 0 amide bonds. The van der Waals surface area contributed by atoms with Crippen LogP contribution in [0.2, 0.25) is 0 Å². The van der Waals surface area contributed by atoms with Crippen LogP contribution in [0, 0.1) is 12.8 Å². The van der Waals surface area contributed by atoms with Crippen molar-refractivity contribution in [3.05, 3.63) is 40.5 Å². The van der Waals surface area contributed by atoms with E-state index in [4.69, 9.17) is 0 Å². The summed E-state index contributed by atoms with van der Waals surface area (Å²) in [6.45, 7) is 6.34. The molecule has 1 N–H and O–H groups in total. The molecule has 3 rings (SSSR count). The normalized spacial score (nSPS) is 19.4. The lowest BCUT2D eigenvalue weighted by Gasteiger charge is -2.15. The van der Waals surface area contributed by atoms with Crippen molar-refractivity contribution in [2.45, 2.75) is 19.9 Å². The van der Waals surface area contributed by atoms with Crippen molar-refractivity contribution in [1.29, 1.82) is 0 Å². The Hall–Kier alpha value is -1.46. The number of hydrogen-bond donors (Lipinski definition) is 1. The number of pyridine rings is 1. The Morgan fingerprint density at radius 2 is 2.40 bits per heavy atom. The second kappa shape index (κ2) is 6.33. The van der Waals surface area contributed by atoms with E-state index in [0.29, 0.717) is 5.92 Å². The average Bonchev–Trinajstić information content (AvgIpc) is 3.09. The van der Waals surface area contributed by atoms with Gasteiger partial charge in [0.25, 0.3) is 0 Å². The molecule has 1 saturated heterocycles. The molecule has 2 aromatic rings. The number of hydrogen-bond acceptors (Lipinski definition) is 5. The molecule has 1 aliphatic heterocycles. The van der Waals surface area contributed by atoms with Crippen molar-refractivity contribution in [2.75, 3.05) is 25.0 Å². The van der Waals surface area contributed by atoms with Crippen LogP contribution in [0.1, 0.15) is 17.8 Å². The molecule has 1 fully saturated rings. The summed E-state index contributed by atoms with van der Waals surface area (Å²) in [5.74, 6) is 1.69. The predicted octanol–water partition coefficient (Wildman–Crippen LogP) is 2.78. The van der Waals surface area contributed by atoms with E-state index < -0.39 is 0 Å². The Bertz CT molecular complexity index is 541. The highest BCUT2D eigenvalue weighted by Crippen LogP contribution is 2.19. The first-order valence-electron chi connectivity index (χ1n) is 7.06. The summed E-state index contributed by atoms with van der Waals surface area (Å²) >= 11 is 1.67. The van der Waals surface area contributed by atoms with E-state index in [2.05, 4.69) is 25.6 Å². The molecule has 106 valence electrons. The third-order valence-electron chi connectivity index (χ3n) is 3.70. The summed E-state index contributed by atoms with van der Waals surface area (Å²) in [7, 11) is 0. The Kier molecular flexibility index (Phi) is 4.28. The van der Waals surface area contributed by atoms with Gasteiger partial charge in [-0.25, -0.2) is 9.97 Å². The first kappa shape index (κ1) is 13.5. The summed E-state index contributed by atoms with van der Waals surface area (Å²) < 4.78 is 0. The molecule has 5 heteroatoms. The van der Waals surface area contributed by atoms with E-state index in [0.717, 1.165) is 31.1 Å². The molecule has 0 radical (unpaired) electrons. The van der Waals surface area contributed by atoms with Crippen LogP contribution in [-0.4, -0.2) is 34.5 Å². The standard InChI is InChI=1S/C15H20N4S/c1-12-3-2-4-15(18-12)16-7-13-5-6-19(8-13)9-14-10-20-11-17-14/h2-4,10-11,13H,5-9H2,1H3,(H,16,18). The largest absolute Gasteiger partial charge is 0.370 e. The van der Waals surface area contributed by atoms with Crippen LogP contribution in [0.25, 0.3) is 0 Å². The van der Waals surface area contributed by atoms with Gasteiger partial charge < -0.3 is 5.32 Å². The first-order chi connectivity index (χ1) is 9.79. The third kappa shape index (κ3) is 3.55. The Morgan fingerprint density at radius 3 is 3.20 bits per heavy atom. The summed E-state index contributed by atoms with van der Waals surface area (Å²) in [4.78, 5) is 11.3. The zero-order chi connectivity index (χ0) is 13.8. The zero-order valence-corrected chi connectivity index (χ0v) is 12.6. The van der Waals surface area contributed by atoms with Crippen molar-refractivity contribution < 1.29 is 0 Å². The number of likely N-dealkylation sites (tertiary alicyclic amines) is 1. The third-order valence-corrected chi connectivity index (χ3v) is 4.33. The lowest BCUT2D eigenvalue weighted by atomic mass is 10.1. The van der Waals surface area contributed by atoms with Crippen molar-refractivity contribution in [1.82, 2.24) is 14.9 Å². The quantitative estimate of drug-likeness (QED) is 0.918. The molecule has 4 nitrogen and oxygen atoms in total. The van der Waals surface area contributed by atoms with Crippen molar-refractivity contribution in [2.24, 2.45) is 5.92 Å². The first-order valence-corrected chi connectivity index (χ1v) is 8.01. The molecule has 1 atom stereocenters. The summed E-state index contributed by atoms with van der Waals surface area (Å²) in [5.41, 5.74) is 4.17. The fraction of sp³-hybridized carbons (Fsp3) is 0.467. The number of nitrogens with one attached hydrogen (secondary N) is 1. The van der Waals surface area contributed by atoms with Gasteiger partial charge in [0.2, 0.25) is 0 Å². The van der Waals surface area contributed by atoms with Gasteiger partial charge in [0, 0.05) is 30.7 Å². The monoisotopic (exact) mass is 288 g/mol. The lowest BCUT2D eigenvalue weighted by molar-refractivity contribution is 0.315. The number of thiazole rings is 1. The minimum atomic E-state index is 0.705. The molecule has 3 heterocycles. The van der Waals surface area contributed by atoms with Crippen molar-refractivity contribution >= 4 is 17.2 Å². The molecule has 0 aromatic carbocycles. The van der Waals surface area contributed by atoms with Gasteiger partial charge in [0.15, 0.2) is 0 Å². The molecular formula is C15H20N4S. The highest BCUT2D eigenvalue weighted by atomic mass is 32.1. The van der Waals surface area contributed by atoms with Gasteiger partial charge >= 0.3 is 0 Å². The maximum absolute atomic E-state index is 4.48. The molecule has 0 aliphatic carbocycles. The van der Waals surface area contributed by atoms with Crippen LogP contribution >= 0.6 is 11.3 Å². The maximum atomic E-state index is 4.48. The molecule has 0 bridgehead atoms. The molecular weight excluding hydrogens is 268 g/mol. The average molecular weight is 288 g/mol. The van der Waals surface area contributed by atoms with E-state index in [1.807, 2.05) is 30.6 Å². The van der Waals surface area contributed by atoms with Gasteiger partial charge in [-0.1, -0.05) is 6.07 Å². The van der Waals surface area contributed by atoms with Crippen LogP contribution in [0.3, 0.4) is 0 Å². The van der Waals surface area contributed by atoms with Crippen molar-refractivity contribution in [3.63, 3.8) is 0 Å². The van der Waals surface area contributed by atoms with E-state index in [1.165, 1.54) is 18.7 Å². The summed E-state index contributed by atoms with van der Waals surface area (Å²) in [5, 5.41) is 5.60. The molecule has 0 saturated carbocycles. The van der Waals surface area contributed by atoms with Gasteiger partial charge in [-0.15, -0.1) is 11.3 Å². The number of nitrogens with zero attached hydrogens (tertiary/aromatic N) is 3. The van der Waals surface area contributed by atoms with E-state index in [9.17, 15) is 0 Å². The highest BCUT2D eigenvalue weighted by Gasteiger charge is 2.22. The van der Waals surface area contributed by atoms with Crippen LogP contribution in [-0.2, 0) is 6.54 Å². The molecule has 20 heavy (non-hydrogen) atoms. The van der Waals surface area contributed by atoms with E-state index in [-0.39, 0.29) is 0 Å². The topological polar surface area (TPSA) is 41.0 Å². The van der Waals surface area contributed by atoms with E-state index >= 15 is 0 Å². The fourth-order valence-electron chi connectivity index (χ4n) is 2.66. The van der Waals surface area contributed by atoms with Gasteiger partial charge in [-0.05, 0) is 37.9 Å². The zero-order valence-electron chi connectivity index (χ0n) is 11.7. The van der Waals surface area contributed by atoms with Gasteiger partial charge in [0.1, 0.15) is 5.82 Å². The molecule has 2 aromatic heterocycles. The fourth-order valence-corrected chi connectivity index (χ4v) is 3.21. The second-order valence-electron chi connectivity index (χ2n) is 5.41. The predicted molar refractivity (Wildman–Crippen MR) is 83.0 cm³/mol. The lowest BCUT2D eigenvalue weighted by Crippen LogP contribution is -2.23. The molecule has 1 unspecified atom stereocenters. The number of anilines is 1. The Morgan fingerprint density at radius 1 is 1.45 bits per heavy atom. The number of rotatable bonds is 5. The molecule has 1 aliphatic rings. The van der Waals surface area contributed by atoms with Crippen LogP contribution in [0.5, 0.6) is 0 Å². The van der Waals surface area contributed by atoms with E-state index in [1.54, 1.807) is 11.3 Å². The van der Waals surface area contributed by atoms with Crippen LogP contribution in [0.4, 0.5) is 5.82 Å². The summed E-state index contributed by atoms with van der Waals surface area (Å²) in [6.07, 6.45) is 1.25. The van der Waals surface area contributed by atoms with Crippen LogP contribution < -0.4 is 5.32 Å². The number of aromatic nitrogens is 2. The van der Waals surface area contributed by atoms with Gasteiger partial charge in [-0.2, -0.15) is 0 Å². The maximum Gasteiger partial charge on any atom is 0.126 e. The Balaban J connectivity index is 1.46. The van der Waals surface area contributed by atoms with Crippen molar-refractivity contribution in [3.8, 4) is 0 Å². The minimum absolute atomic E-state index is 0.705. The Labute approximate surface area is 123 Å². The van der Waals surface area contributed by atoms with Gasteiger partial charge in [-0.3, -0.25) is 4.90 Å². The highest BCUT2D eigenvalue weighted by molar-refractivity contribution is 7.07. The smallest absolute Gasteiger partial charge is 0.126 e. The minimum Gasteiger partial charge on any atom is -0.370 e. The second-order valence-corrected chi connectivity index (χ2v) is 6.13. The van der Waals surface area contributed by atoms with Gasteiger partial charge in [0.05, 0.1) is 11.2 Å². The molecule has 0 spiro atoms.